The average Bonchev–Trinajstić information content (AvgIpc) is 2.30. The van der Waals surface area contributed by atoms with Crippen molar-refractivity contribution >= 4 is 11.9 Å². The number of hydrogen-bond donors (Lipinski definition) is 0. The maximum absolute atomic E-state index is 11.8. The zero-order chi connectivity index (χ0) is 12.7. The van der Waals surface area contributed by atoms with Gasteiger partial charge in [0.05, 0.1) is 6.61 Å². The first-order chi connectivity index (χ1) is 8.13. The summed E-state index contributed by atoms with van der Waals surface area (Å²) in [7, 11) is 1.64. The molecule has 1 aliphatic rings. The van der Waals surface area contributed by atoms with Gasteiger partial charge in [-0.05, 0) is 32.6 Å². The molecule has 0 unspecified atom stereocenters. The molecule has 1 rings (SSSR count). The van der Waals surface area contributed by atoms with E-state index in [1.165, 1.54) is 23.3 Å². The van der Waals surface area contributed by atoms with Gasteiger partial charge in [0.15, 0.2) is 0 Å². The van der Waals surface area contributed by atoms with E-state index in [-0.39, 0.29) is 18.4 Å². The molecule has 0 bridgehead atoms. The fourth-order valence-electron chi connectivity index (χ4n) is 1.88. The second kappa shape index (κ2) is 7.09. The number of carbonyl (C=O) groups is 2. The van der Waals surface area contributed by atoms with Crippen LogP contribution in [0.3, 0.4) is 0 Å². The van der Waals surface area contributed by atoms with Gasteiger partial charge < -0.3 is 9.64 Å². The fourth-order valence-corrected chi connectivity index (χ4v) is 1.88. The third-order valence-corrected chi connectivity index (χ3v) is 2.86. The highest BCUT2D eigenvalue weighted by atomic mass is 16.5. The Hall–Kier alpha value is -1.32. The molecule has 0 N–H and O–H groups in total. The first-order valence-electron chi connectivity index (χ1n) is 6.21. The molecule has 0 atom stereocenters. The molecule has 0 heterocycles. The molecule has 0 spiro atoms. The molecule has 0 aliphatic heterocycles. The largest absolute Gasteiger partial charge is 0.465 e. The van der Waals surface area contributed by atoms with Crippen LogP contribution in [0.5, 0.6) is 0 Å². The quantitative estimate of drug-likeness (QED) is 0.544. The Labute approximate surface area is 103 Å². The summed E-state index contributed by atoms with van der Waals surface area (Å²) in [6.07, 6.45) is 7.07. The zero-order valence-corrected chi connectivity index (χ0v) is 10.7. The maximum Gasteiger partial charge on any atom is 0.325 e. The molecule has 0 fully saturated rings. The van der Waals surface area contributed by atoms with Gasteiger partial charge in [-0.25, -0.2) is 0 Å². The van der Waals surface area contributed by atoms with Gasteiger partial charge >= 0.3 is 5.97 Å². The summed E-state index contributed by atoms with van der Waals surface area (Å²) >= 11 is 0. The highest BCUT2D eigenvalue weighted by molar-refractivity contribution is 5.83. The van der Waals surface area contributed by atoms with E-state index in [1.54, 1.807) is 14.0 Å². The van der Waals surface area contributed by atoms with Gasteiger partial charge in [0.2, 0.25) is 5.91 Å². The van der Waals surface area contributed by atoms with E-state index in [9.17, 15) is 9.59 Å². The molecule has 1 amide bonds. The lowest BCUT2D eigenvalue weighted by Crippen LogP contribution is -2.33. The van der Waals surface area contributed by atoms with Crippen molar-refractivity contribution in [2.45, 2.75) is 39.0 Å². The Balaban J connectivity index is 2.35. The SMILES string of the molecule is CCOC(=O)CN(C)C(=O)CC1=CCCCC1. The average molecular weight is 239 g/mol. The molecular formula is C13H21NO3. The third-order valence-electron chi connectivity index (χ3n) is 2.86. The van der Waals surface area contributed by atoms with Crippen molar-refractivity contribution in [3.05, 3.63) is 11.6 Å². The lowest BCUT2D eigenvalue weighted by molar-refractivity contribution is -0.147. The molecule has 17 heavy (non-hydrogen) atoms. The van der Waals surface area contributed by atoms with E-state index in [1.807, 2.05) is 0 Å². The molecule has 0 radical (unpaired) electrons. The van der Waals surface area contributed by atoms with Gasteiger partial charge in [-0.15, -0.1) is 0 Å². The van der Waals surface area contributed by atoms with E-state index in [4.69, 9.17) is 4.74 Å². The van der Waals surface area contributed by atoms with Crippen LogP contribution < -0.4 is 0 Å². The summed E-state index contributed by atoms with van der Waals surface area (Å²) in [5.41, 5.74) is 1.21. The van der Waals surface area contributed by atoms with Crippen LogP contribution in [0, 0.1) is 0 Å². The lowest BCUT2D eigenvalue weighted by atomic mass is 9.97. The second-order valence-corrected chi connectivity index (χ2v) is 4.34. The first-order valence-corrected chi connectivity index (χ1v) is 6.21. The van der Waals surface area contributed by atoms with Crippen molar-refractivity contribution in [2.75, 3.05) is 20.2 Å². The standard InChI is InChI=1S/C13H21NO3/c1-3-17-13(16)10-14(2)12(15)9-11-7-5-4-6-8-11/h7H,3-6,8-10H2,1-2H3. The Morgan fingerprint density at radius 2 is 2.18 bits per heavy atom. The molecule has 0 aromatic heterocycles. The molecule has 0 saturated carbocycles. The number of carbonyl (C=O) groups excluding carboxylic acids is 2. The van der Waals surface area contributed by atoms with Crippen molar-refractivity contribution in [3.63, 3.8) is 0 Å². The van der Waals surface area contributed by atoms with Gasteiger partial charge in [0.1, 0.15) is 6.54 Å². The summed E-state index contributed by atoms with van der Waals surface area (Å²) in [5.74, 6) is -0.354. The molecular weight excluding hydrogens is 218 g/mol. The van der Waals surface area contributed by atoms with Crippen LogP contribution in [0.25, 0.3) is 0 Å². The van der Waals surface area contributed by atoms with Crippen molar-refractivity contribution in [3.8, 4) is 0 Å². The fraction of sp³-hybridized carbons (Fsp3) is 0.692. The second-order valence-electron chi connectivity index (χ2n) is 4.34. The first kappa shape index (κ1) is 13.7. The molecule has 96 valence electrons. The number of hydrogen-bond acceptors (Lipinski definition) is 3. The highest BCUT2D eigenvalue weighted by Gasteiger charge is 2.15. The summed E-state index contributed by atoms with van der Waals surface area (Å²) in [6.45, 7) is 2.15. The Morgan fingerprint density at radius 3 is 2.76 bits per heavy atom. The van der Waals surface area contributed by atoms with Crippen LogP contribution in [0.15, 0.2) is 11.6 Å². The van der Waals surface area contributed by atoms with Crippen molar-refractivity contribution in [2.24, 2.45) is 0 Å². The minimum atomic E-state index is -0.346. The van der Waals surface area contributed by atoms with E-state index in [0.717, 1.165) is 12.8 Å². The predicted octanol–water partition coefficient (Wildman–Crippen LogP) is 1.90. The number of esters is 1. The van der Waals surface area contributed by atoms with Gasteiger partial charge in [-0.2, -0.15) is 0 Å². The van der Waals surface area contributed by atoms with Gasteiger partial charge in [-0.3, -0.25) is 9.59 Å². The lowest BCUT2D eigenvalue weighted by Gasteiger charge is -2.18. The number of likely N-dealkylation sites (N-methyl/N-ethyl adjacent to an activating group) is 1. The number of ether oxygens (including phenoxy) is 1. The summed E-state index contributed by atoms with van der Waals surface area (Å²) in [5, 5.41) is 0. The van der Waals surface area contributed by atoms with Crippen LogP contribution in [-0.2, 0) is 14.3 Å². The third kappa shape index (κ3) is 5.02. The van der Waals surface area contributed by atoms with E-state index in [2.05, 4.69) is 6.08 Å². The van der Waals surface area contributed by atoms with Gasteiger partial charge in [0.25, 0.3) is 0 Å². The zero-order valence-electron chi connectivity index (χ0n) is 10.7. The van der Waals surface area contributed by atoms with E-state index in [0.29, 0.717) is 13.0 Å². The van der Waals surface area contributed by atoms with Crippen LogP contribution in [-0.4, -0.2) is 37.0 Å². The number of nitrogens with zero attached hydrogens (tertiary/aromatic N) is 1. The Bertz CT molecular complexity index is 310. The Morgan fingerprint density at radius 1 is 1.41 bits per heavy atom. The highest BCUT2D eigenvalue weighted by Crippen LogP contribution is 2.20. The van der Waals surface area contributed by atoms with Crippen LogP contribution in [0.4, 0.5) is 0 Å². The summed E-state index contributed by atoms with van der Waals surface area (Å²) in [4.78, 5) is 24.5. The summed E-state index contributed by atoms with van der Waals surface area (Å²) < 4.78 is 4.81. The van der Waals surface area contributed by atoms with E-state index >= 15 is 0 Å². The smallest absolute Gasteiger partial charge is 0.325 e. The topological polar surface area (TPSA) is 46.6 Å². The minimum absolute atomic E-state index is 0.00815. The van der Waals surface area contributed by atoms with Crippen molar-refractivity contribution in [1.82, 2.24) is 4.90 Å². The predicted molar refractivity (Wildman–Crippen MR) is 65.4 cm³/mol. The molecule has 0 aromatic rings. The molecule has 4 nitrogen and oxygen atoms in total. The van der Waals surface area contributed by atoms with Crippen LogP contribution in [0.2, 0.25) is 0 Å². The molecule has 0 aromatic carbocycles. The Kier molecular flexibility index (Phi) is 5.73. The minimum Gasteiger partial charge on any atom is -0.465 e. The van der Waals surface area contributed by atoms with Gasteiger partial charge in [-0.1, -0.05) is 11.6 Å². The number of amides is 1. The summed E-state index contributed by atoms with van der Waals surface area (Å²) in [6, 6.07) is 0. The monoisotopic (exact) mass is 239 g/mol. The number of allylic oxidation sites excluding steroid dienone is 1. The molecule has 4 heteroatoms. The maximum atomic E-state index is 11.8. The van der Waals surface area contributed by atoms with Crippen LogP contribution >= 0.6 is 0 Å². The van der Waals surface area contributed by atoms with Gasteiger partial charge in [0, 0.05) is 13.5 Å². The number of rotatable bonds is 5. The van der Waals surface area contributed by atoms with Crippen molar-refractivity contribution in [1.29, 1.82) is 0 Å². The molecule has 0 saturated heterocycles. The van der Waals surface area contributed by atoms with Crippen LogP contribution in [0.1, 0.15) is 39.0 Å². The van der Waals surface area contributed by atoms with Crippen molar-refractivity contribution < 1.29 is 14.3 Å². The molecule has 1 aliphatic carbocycles. The normalized spacial score (nSPS) is 15.1. The van der Waals surface area contributed by atoms with E-state index < -0.39 is 0 Å².